The normalized spacial score (nSPS) is 16.4. The lowest BCUT2D eigenvalue weighted by molar-refractivity contribution is -0.130. The minimum Gasteiger partial charge on any atom is -0.464 e. The second-order valence-corrected chi connectivity index (χ2v) is 8.84. The summed E-state index contributed by atoms with van der Waals surface area (Å²) in [4.78, 5) is 24.8. The van der Waals surface area contributed by atoms with Gasteiger partial charge in [-0.05, 0) is 49.4 Å². The predicted molar refractivity (Wildman–Crippen MR) is 110 cm³/mol. The van der Waals surface area contributed by atoms with E-state index in [0.717, 1.165) is 40.7 Å². The Morgan fingerprint density at radius 2 is 2.11 bits per heavy atom. The van der Waals surface area contributed by atoms with Gasteiger partial charge in [0.05, 0.1) is 18.8 Å². The van der Waals surface area contributed by atoms with E-state index >= 15 is 0 Å². The summed E-state index contributed by atoms with van der Waals surface area (Å²) in [6, 6.07) is 7.74. The van der Waals surface area contributed by atoms with Crippen molar-refractivity contribution in [3.8, 4) is 0 Å². The first-order chi connectivity index (χ1) is 13.2. The number of methoxy groups -OCH3 is 1. The molecule has 1 N–H and O–H groups in total. The van der Waals surface area contributed by atoms with Crippen LogP contribution in [0.15, 0.2) is 28.7 Å². The molecule has 1 aromatic heterocycles. The zero-order valence-corrected chi connectivity index (χ0v) is 18.3. The topological polar surface area (TPSA) is 73.2 Å². The molecule has 1 aliphatic heterocycles. The predicted octanol–water partition coefficient (Wildman–Crippen LogP) is 3.96. The van der Waals surface area contributed by atoms with Crippen LogP contribution in [0.1, 0.15) is 60.0 Å². The average molecular weight is 448 g/mol. The van der Waals surface area contributed by atoms with E-state index < -0.39 is 11.4 Å². The first-order valence-electron chi connectivity index (χ1n) is 9.43. The molecular formula is C21H26BrN3O3. The third kappa shape index (κ3) is 4.29. The van der Waals surface area contributed by atoms with Gasteiger partial charge in [0.15, 0.2) is 5.69 Å². The second-order valence-electron chi connectivity index (χ2n) is 7.98. The molecule has 0 fully saturated rings. The van der Waals surface area contributed by atoms with Crippen LogP contribution in [0.4, 0.5) is 0 Å². The monoisotopic (exact) mass is 447 g/mol. The van der Waals surface area contributed by atoms with Crippen LogP contribution in [0.3, 0.4) is 0 Å². The first-order valence-corrected chi connectivity index (χ1v) is 10.2. The second kappa shape index (κ2) is 8.07. The Hall–Kier alpha value is -2.15. The van der Waals surface area contributed by atoms with E-state index in [4.69, 9.17) is 4.74 Å². The quantitative estimate of drug-likeness (QED) is 0.703. The average Bonchev–Trinajstić information content (AvgIpc) is 3.09. The Balaban J connectivity index is 1.74. The van der Waals surface area contributed by atoms with E-state index in [-0.39, 0.29) is 17.6 Å². The van der Waals surface area contributed by atoms with E-state index in [1.54, 1.807) is 10.7 Å². The summed E-state index contributed by atoms with van der Waals surface area (Å²) in [5.41, 5.74) is 2.86. The minimum absolute atomic E-state index is 0.00709. The number of hydrogen-bond donors (Lipinski definition) is 1. The number of aryl methyl sites for hydroxylation is 2. The zero-order valence-electron chi connectivity index (χ0n) is 16.7. The maximum Gasteiger partial charge on any atom is 0.358 e. The Bertz CT molecular complexity index is 904. The zero-order chi connectivity index (χ0) is 20.5. The summed E-state index contributed by atoms with van der Waals surface area (Å²) in [7, 11) is 1.34. The van der Waals surface area contributed by atoms with Gasteiger partial charge in [0.25, 0.3) is 0 Å². The number of aromatic nitrogens is 2. The highest BCUT2D eigenvalue weighted by Gasteiger charge is 2.32. The number of hydrogen-bond acceptors (Lipinski definition) is 4. The number of esters is 1. The molecule has 1 aliphatic rings. The van der Waals surface area contributed by atoms with Crippen LogP contribution in [0.2, 0.25) is 0 Å². The smallest absolute Gasteiger partial charge is 0.358 e. The molecule has 1 amide bonds. The van der Waals surface area contributed by atoms with Gasteiger partial charge in [0, 0.05) is 16.4 Å². The van der Waals surface area contributed by atoms with E-state index in [9.17, 15) is 9.59 Å². The van der Waals surface area contributed by atoms with Crippen molar-refractivity contribution in [3.05, 3.63) is 51.3 Å². The van der Waals surface area contributed by atoms with Crippen molar-refractivity contribution in [2.24, 2.45) is 5.41 Å². The number of rotatable bonds is 5. The van der Waals surface area contributed by atoms with E-state index in [1.807, 2.05) is 32.9 Å². The Morgan fingerprint density at radius 3 is 2.79 bits per heavy atom. The Labute approximate surface area is 173 Å². The van der Waals surface area contributed by atoms with Gasteiger partial charge in [-0.25, -0.2) is 4.79 Å². The molecule has 6 nitrogen and oxygen atoms in total. The fourth-order valence-corrected chi connectivity index (χ4v) is 3.84. The van der Waals surface area contributed by atoms with Gasteiger partial charge < -0.3 is 10.1 Å². The molecule has 1 unspecified atom stereocenters. The maximum atomic E-state index is 13.1. The van der Waals surface area contributed by atoms with Crippen LogP contribution in [0.5, 0.6) is 0 Å². The van der Waals surface area contributed by atoms with Gasteiger partial charge in [0.2, 0.25) is 5.91 Å². The van der Waals surface area contributed by atoms with Crippen molar-refractivity contribution in [2.75, 3.05) is 7.11 Å². The molecule has 2 aromatic rings. The van der Waals surface area contributed by atoms with Crippen LogP contribution in [0, 0.1) is 12.3 Å². The van der Waals surface area contributed by atoms with Crippen LogP contribution in [-0.2, 0) is 22.5 Å². The fraction of sp³-hybridized carbons (Fsp3) is 0.476. The lowest BCUT2D eigenvalue weighted by atomic mass is 9.84. The molecule has 1 aromatic carbocycles. The molecule has 150 valence electrons. The molecule has 0 saturated carbocycles. The molecule has 7 heteroatoms. The number of ether oxygens (including phenoxy) is 1. The van der Waals surface area contributed by atoms with E-state index in [1.165, 1.54) is 7.11 Å². The third-order valence-corrected chi connectivity index (χ3v) is 6.10. The number of carbonyl (C=O) groups is 2. The van der Waals surface area contributed by atoms with E-state index in [0.29, 0.717) is 6.42 Å². The summed E-state index contributed by atoms with van der Waals surface area (Å²) in [6.07, 6.45) is 2.37. The number of fused-ring (bicyclic) bond motifs is 1. The van der Waals surface area contributed by atoms with Crippen molar-refractivity contribution < 1.29 is 14.3 Å². The number of nitrogens with zero attached hydrogens (tertiary/aromatic N) is 2. The van der Waals surface area contributed by atoms with Gasteiger partial charge >= 0.3 is 5.97 Å². The summed E-state index contributed by atoms with van der Waals surface area (Å²) in [5, 5.41) is 7.48. The molecule has 3 rings (SSSR count). The summed E-state index contributed by atoms with van der Waals surface area (Å²) < 4.78 is 7.63. The highest BCUT2D eigenvalue weighted by atomic mass is 79.9. The summed E-state index contributed by atoms with van der Waals surface area (Å²) >= 11 is 3.52. The lowest BCUT2D eigenvalue weighted by Gasteiger charge is -2.30. The molecule has 2 heterocycles. The van der Waals surface area contributed by atoms with Crippen LogP contribution < -0.4 is 5.32 Å². The van der Waals surface area contributed by atoms with Crippen LogP contribution >= 0.6 is 15.9 Å². The van der Waals surface area contributed by atoms with Gasteiger partial charge in [-0.2, -0.15) is 5.10 Å². The largest absolute Gasteiger partial charge is 0.464 e. The fourth-order valence-electron chi connectivity index (χ4n) is 3.60. The molecule has 0 aliphatic carbocycles. The number of carbonyl (C=O) groups excluding carboxylic acids is 2. The summed E-state index contributed by atoms with van der Waals surface area (Å²) in [5.74, 6) is -0.467. The standard InChI is InChI=1S/C21H26BrN3O3/c1-13-10-14(7-8-15(13)22)12-21(2,3)20(27)23-16-6-5-9-25-18(16)11-17(24-25)19(26)28-4/h7-8,10-11,16H,5-6,9,12H2,1-4H3,(H,23,27). The Morgan fingerprint density at radius 1 is 1.36 bits per heavy atom. The highest BCUT2D eigenvalue weighted by Crippen LogP contribution is 2.30. The third-order valence-electron chi connectivity index (χ3n) is 5.21. The van der Waals surface area contributed by atoms with Crippen molar-refractivity contribution in [3.63, 3.8) is 0 Å². The molecule has 0 spiro atoms. The lowest BCUT2D eigenvalue weighted by Crippen LogP contribution is -2.41. The van der Waals surface area contributed by atoms with Crippen LogP contribution in [-0.4, -0.2) is 28.8 Å². The number of benzene rings is 1. The van der Waals surface area contributed by atoms with Gasteiger partial charge in [0.1, 0.15) is 0 Å². The van der Waals surface area contributed by atoms with E-state index in [2.05, 4.69) is 32.4 Å². The molecule has 0 saturated heterocycles. The maximum absolute atomic E-state index is 13.1. The van der Waals surface area contributed by atoms with Crippen molar-refractivity contribution in [2.45, 2.75) is 52.6 Å². The van der Waals surface area contributed by atoms with Crippen molar-refractivity contribution >= 4 is 27.8 Å². The van der Waals surface area contributed by atoms with Crippen LogP contribution in [0.25, 0.3) is 0 Å². The number of halogens is 1. The minimum atomic E-state index is -0.562. The summed E-state index contributed by atoms with van der Waals surface area (Å²) in [6.45, 7) is 6.70. The van der Waals surface area contributed by atoms with Crippen molar-refractivity contribution in [1.29, 1.82) is 0 Å². The molecule has 0 bridgehead atoms. The van der Waals surface area contributed by atoms with Gasteiger partial charge in [-0.15, -0.1) is 0 Å². The molecule has 28 heavy (non-hydrogen) atoms. The molecule has 0 radical (unpaired) electrons. The van der Waals surface area contributed by atoms with Crippen molar-refractivity contribution in [1.82, 2.24) is 15.1 Å². The SMILES string of the molecule is COC(=O)c1cc2n(n1)CCCC2NC(=O)C(C)(C)Cc1ccc(Br)c(C)c1. The highest BCUT2D eigenvalue weighted by molar-refractivity contribution is 9.10. The van der Waals surface area contributed by atoms with Gasteiger partial charge in [-0.3, -0.25) is 9.48 Å². The number of amides is 1. The van der Waals surface area contributed by atoms with Gasteiger partial charge in [-0.1, -0.05) is 41.9 Å². The first kappa shape index (κ1) is 20.6. The Kier molecular flexibility index (Phi) is 5.93. The molecular weight excluding hydrogens is 422 g/mol. The number of nitrogens with one attached hydrogen (secondary N) is 1. The molecule has 1 atom stereocenters.